The maximum absolute atomic E-state index is 13.7. The summed E-state index contributed by atoms with van der Waals surface area (Å²) in [4.78, 5) is 48.6. The molecule has 3 heterocycles. The molecule has 9 nitrogen and oxygen atoms in total. The summed E-state index contributed by atoms with van der Waals surface area (Å²) in [6.07, 6.45) is 7.16. The van der Waals surface area contributed by atoms with Crippen molar-refractivity contribution >= 4 is 23.8 Å². The zero-order chi connectivity index (χ0) is 28.6. The molecule has 3 aromatic rings. The van der Waals surface area contributed by atoms with Gasteiger partial charge in [-0.3, -0.25) is 14.4 Å². The van der Waals surface area contributed by atoms with Crippen LogP contribution in [0.3, 0.4) is 0 Å². The fraction of sp³-hybridized carbons (Fsp3) is 0.406. The van der Waals surface area contributed by atoms with E-state index in [-0.39, 0.29) is 24.1 Å². The molecule has 1 aromatic heterocycles. The molecule has 214 valence electrons. The average molecular weight is 555 g/mol. The van der Waals surface area contributed by atoms with E-state index < -0.39 is 12.1 Å². The number of aryl methyl sites for hydroxylation is 1. The highest BCUT2D eigenvalue weighted by Gasteiger charge is 2.34. The van der Waals surface area contributed by atoms with Gasteiger partial charge >= 0.3 is 0 Å². The van der Waals surface area contributed by atoms with Gasteiger partial charge in [0.25, 0.3) is 0 Å². The van der Waals surface area contributed by atoms with Crippen molar-refractivity contribution in [2.75, 3.05) is 19.6 Å². The molecule has 0 radical (unpaired) electrons. The quantitative estimate of drug-likeness (QED) is 0.496. The van der Waals surface area contributed by atoms with E-state index in [4.69, 9.17) is 4.98 Å². The number of nitrogens with zero attached hydrogens (tertiary/aromatic N) is 5. The highest BCUT2D eigenvalue weighted by Crippen LogP contribution is 2.23. The number of amides is 3. The van der Waals surface area contributed by atoms with Crippen molar-refractivity contribution < 1.29 is 14.4 Å². The predicted octanol–water partition coefficient (Wildman–Crippen LogP) is 3.70. The van der Waals surface area contributed by atoms with Crippen molar-refractivity contribution in [3.63, 3.8) is 0 Å². The maximum atomic E-state index is 13.7. The number of carbonyl (C=O) groups excluding carboxylic acids is 3. The van der Waals surface area contributed by atoms with Gasteiger partial charge in [0.1, 0.15) is 17.7 Å². The lowest BCUT2D eigenvalue weighted by Crippen LogP contribution is -2.53. The molecule has 2 aliphatic heterocycles. The monoisotopic (exact) mass is 554 g/mol. The minimum Gasteiger partial charge on any atom is -0.344 e. The summed E-state index contributed by atoms with van der Waals surface area (Å²) in [5.41, 5.74) is 2.01. The summed E-state index contributed by atoms with van der Waals surface area (Å²) in [5, 5.41) is 7.89. The second-order valence-electron chi connectivity index (χ2n) is 10.8. The Balaban J connectivity index is 1.45. The highest BCUT2D eigenvalue weighted by atomic mass is 16.2. The lowest BCUT2D eigenvalue weighted by atomic mass is 9.99. The molecule has 2 aliphatic rings. The van der Waals surface area contributed by atoms with Gasteiger partial charge in [-0.25, -0.2) is 9.67 Å². The Bertz CT molecular complexity index is 1370. The first kappa shape index (κ1) is 28.3. The summed E-state index contributed by atoms with van der Waals surface area (Å²) < 4.78 is 1.82. The molecule has 1 N–H and O–H groups in total. The van der Waals surface area contributed by atoms with Crippen LogP contribution in [0.25, 0.3) is 6.08 Å². The molecule has 9 heteroatoms. The van der Waals surface area contributed by atoms with Crippen molar-refractivity contribution in [3.8, 4) is 0 Å². The van der Waals surface area contributed by atoms with Crippen molar-refractivity contribution in [1.29, 1.82) is 0 Å². The van der Waals surface area contributed by atoms with E-state index in [2.05, 4.69) is 10.4 Å². The van der Waals surface area contributed by atoms with Gasteiger partial charge in [-0.05, 0) is 56.2 Å². The highest BCUT2D eigenvalue weighted by molar-refractivity contribution is 5.92. The number of carbonyl (C=O) groups is 3. The van der Waals surface area contributed by atoms with Gasteiger partial charge in [0, 0.05) is 32.1 Å². The molecule has 0 spiro atoms. The first-order valence-electron chi connectivity index (χ1n) is 14.5. The van der Waals surface area contributed by atoms with Gasteiger partial charge in [-0.2, -0.15) is 5.10 Å². The van der Waals surface area contributed by atoms with E-state index >= 15 is 0 Å². The van der Waals surface area contributed by atoms with Crippen molar-refractivity contribution in [2.24, 2.45) is 0 Å². The van der Waals surface area contributed by atoms with Crippen LogP contribution in [0.4, 0.5) is 0 Å². The van der Waals surface area contributed by atoms with Crippen LogP contribution in [0.5, 0.6) is 0 Å². The normalized spacial score (nSPS) is 20.7. The smallest absolute Gasteiger partial charge is 0.246 e. The van der Waals surface area contributed by atoms with Crippen LogP contribution in [0, 0.1) is 6.92 Å². The second-order valence-corrected chi connectivity index (χ2v) is 10.8. The van der Waals surface area contributed by atoms with E-state index in [1.54, 1.807) is 15.9 Å². The summed E-state index contributed by atoms with van der Waals surface area (Å²) in [6, 6.07) is 18.7. The minimum atomic E-state index is -0.513. The third kappa shape index (κ3) is 7.28. The number of hydrogen-bond acceptors (Lipinski definition) is 5. The summed E-state index contributed by atoms with van der Waals surface area (Å²) in [7, 11) is 0. The van der Waals surface area contributed by atoms with Crippen LogP contribution >= 0.6 is 0 Å². The number of rotatable bonds is 4. The Kier molecular flexibility index (Phi) is 9.23. The number of hydrogen-bond donors (Lipinski definition) is 1. The summed E-state index contributed by atoms with van der Waals surface area (Å²) in [6.45, 7) is 3.66. The van der Waals surface area contributed by atoms with Crippen LogP contribution in [0.1, 0.15) is 60.9 Å². The van der Waals surface area contributed by atoms with Crippen molar-refractivity contribution in [3.05, 3.63) is 89.5 Å². The number of fused-ring (bicyclic) bond motifs is 2. The number of piperidine rings is 1. The average Bonchev–Trinajstić information content (AvgIpc) is 3.37. The lowest BCUT2D eigenvalue weighted by Gasteiger charge is -2.36. The fourth-order valence-electron chi connectivity index (χ4n) is 5.67. The number of nitrogens with one attached hydrogen (secondary N) is 1. The Morgan fingerprint density at radius 3 is 2.49 bits per heavy atom. The Hall–Kier alpha value is -4.27. The van der Waals surface area contributed by atoms with E-state index in [9.17, 15) is 14.4 Å². The van der Waals surface area contributed by atoms with E-state index in [0.717, 1.165) is 24.0 Å². The van der Waals surface area contributed by atoms with Gasteiger partial charge < -0.3 is 15.1 Å². The van der Waals surface area contributed by atoms with Gasteiger partial charge in [0.05, 0.1) is 12.6 Å². The Morgan fingerprint density at radius 2 is 1.71 bits per heavy atom. The third-order valence-corrected chi connectivity index (χ3v) is 7.77. The minimum absolute atomic E-state index is 0.0345. The van der Waals surface area contributed by atoms with Crippen molar-refractivity contribution in [1.82, 2.24) is 29.9 Å². The third-order valence-electron chi connectivity index (χ3n) is 7.77. The first-order valence-corrected chi connectivity index (χ1v) is 14.5. The first-order chi connectivity index (χ1) is 20.0. The predicted molar refractivity (Wildman–Crippen MR) is 156 cm³/mol. The summed E-state index contributed by atoms with van der Waals surface area (Å²) >= 11 is 0. The molecule has 1 saturated heterocycles. The maximum Gasteiger partial charge on any atom is 0.246 e. The van der Waals surface area contributed by atoms with E-state index in [1.807, 2.05) is 78.3 Å². The Morgan fingerprint density at radius 1 is 0.951 bits per heavy atom. The van der Waals surface area contributed by atoms with Crippen LogP contribution in [-0.4, -0.2) is 68.0 Å². The largest absolute Gasteiger partial charge is 0.344 e. The van der Waals surface area contributed by atoms with Crippen LogP contribution in [0.15, 0.2) is 66.7 Å². The van der Waals surface area contributed by atoms with Crippen LogP contribution in [0.2, 0.25) is 0 Å². The van der Waals surface area contributed by atoms with Crippen LogP contribution < -0.4 is 5.32 Å². The fourth-order valence-corrected chi connectivity index (χ4v) is 5.67. The lowest BCUT2D eigenvalue weighted by molar-refractivity contribution is -0.143. The Labute approximate surface area is 241 Å². The summed E-state index contributed by atoms with van der Waals surface area (Å²) in [5.74, 6) is 0.959. The SMILES string of the molecule is Cc1nc2n(n1)CCN(C(=O)/C=C/c1ccccc1)CCCC(=O)N1CCCC[C@H]1C(=O)N[C@@H]2Cc1ccccc1. The molecule has 0 unspecified atom stereocenters. The van der Waals surface area contributed by atoms with Gasteiger partial charge in [0.2, 0.25) is 17.7 Å². The molecular formula is C32H38N6O3. The van der Waals surface area contributed by atoms with E-state index in [1.165, 1.54) is 0 Å². The zero-order valence-corrected chi connectivity index (χ0v) is 23.6. The molecular weight excluding hydrogens is 516 g/mol. The van der Waals surface area contributed by atoms with Gasteiger partial charge in [0.15, 0.2) is 0 Å². The molecule has 5 rings (SSSR count). The standard InChI is InChI=1S/C32H38N6O3/c1-24-33-31-27(23-26-13-6-3-7-14-26)34-32(41)28-15-8-9-20-37(28)30(40)16-10-19-36(21-22-38(31)35-24)29(39)18-17-25-11-4-2-5-12-25/h2-7,11-14,17-18,27-28H,8-10,15-16,19-23H2,1H3,(H,34,41)/b18-17+/t27-,28+/m1/s1. The second kappa shape index (κ2) is 13.4. The number of aromatic nitrogens is 3. The zero-order valence-electron chi connectivity index (χ0n) is 23.6. The molecule has 41 heavy (non-hydrogen) atoms. The molecule has 2 aromatic carbocycles. The topological polar surface area (TPSA) is 100 Å². The van der Waals surface area contributed by atoms with E-state index in [0.29, 0.717) is 57.1 Å². The molecule has 0 aliphatic carbocycles. The molecule has 3 amide bonds. The van der Waals surface area contributed by atoms with Gasteiger partial charge in [-0.15, -0.1) is 0 Å². The molecule has 1 fully saturated rings. The van der Waals surface area contributed by atoms with Crippen LogP contribution in [-0.2, 0) is 27.3 Å². The molecule has 0 saturated carbocycles. The van der Waals surface area contributed by atoms with Gasteiger partial charge in [-0.1, -0.05) is 60.7 Å². The van der Waals surface area contributed by atoms with Crippen molar-refractivity contribution in [2.45, 2.75) is 64.1 Å². The molecule has 2 atom stereocenters. The molecule has 0 bridgehead atoms. The number of benzene rings is 2.